The third-order valence-electron chi connectivity index (χ3n) is 3.18. The van der Waals surface area contributed by atoms with Gasteiger partial charge in [-0.3, -0.25) is 0 Å². The summed E-state index contributed by atoms with van der Waals surface area (Å²) in [4.78, 5) is 7.94. The number of sulfonamides is 1. The van der Waals surface area contributed by atoms with Crippen LogP contribution in [0.3, 0.4) is 0 Å². The number of rotatable bonds is 6. The Morgan fingerprint density at radius 1 is 1.17 bits per heavy atom. The minimum Gasteiger partial charge on any atom is -0.439 e. The molecule has 0 radical (unpaired) electrons. The van der Waals surface area contributed by atoms with Crippen molar-refractivity contribution in [2.75, 3.05) is 0 Å². The molecule has 2 aromatic heterocycles. The molecule has 0 saturated heterocycles. The molecule has 8 heteroatoms. The molecule has 0 saturated carbocycles. The number of imidazole rings is 1. The van der Waals surface area contributed by atoms with Crippen LogP contribution in [-0.2, 0) is 23.6 Å². The second-order valence-corrected chi connectivity index (χ2v) is 6.83. The zero-order valence-corrected chi connectivity index (χ0v) is 13.8. The lowest BCUT2D eigenvalue weighted by Gasteiger charge is -2.08. The van der Waals surface area contributed by atoms with Gasteiger partial charge < -0.3 is 9.30 Å². The molecule has 0 amide bonds. The Kier molecular flexibility index (Phi) is 4.59. The Morgan fingerprint density at radius 2 is 2.04 bits per heavy atom. The van der Waals surface area contributed by atoms with Crippen molar-refractivity contribution in [3.8, 4) is 11.6 Å². The Morgan fingerprint density at radius 3 is 2.75 bits per heavy atom. The Labute approximate surface area is 140 Å². The summed E-state index contributed by atoms with van der Waals surface area (Å²) in [5, 5.41) is -0.00844. The Hall–Kier alpha value is -2.71. The molecule has 0 aliphatic rings. The highest BCUT2D eigenvalue weighted by Gasteiger charge is 2.16. The van der Waals surface area contributed by atoms with Gasteiger partial charge in [0.1, 0.15) is 5.75 Å². The number of ether oxygens (including phenoxy) is 1. The van der Waals surface area contributed by atoms with Gasteiger partial charge in [-0.2, -0.15) is 0 Å². The summed E-state index contributed by atoms with van der Waals surface area (Å²) in [7, 11) is -1.93. The Bertz CT molecular complexity index is 923. The number of hydrogen-bond acceptors (Lipinski definition) is 5. The lowest BCUT2D eigenvalue weighted by Crippen LogP contribution is -2.23. The van der Waals surface area contributed by atoms with E-state index in [1.54, 1.807) is 48.1 Å². The highest BCUT2D eigenvalue weighted by molar-refractivity contribution is 7.89. The lowest BCUT2D eigenvalue weighted by atomic mass is 10.2. The summed E-state index contributed by atoms with van der Waals surface area (Å²) >= 11 is 0. The molecule has 1 N–H and O–H groups in total. The summed E-state index contributed by atoms with van der Waals surface area (Å²) in [5.74, 6) is 1.06. The van der Waals surface area contributed by atoms with Gasteiger partial charge in [-0.25, -0.2) is 23.1 Å². The zero-order valence-electron chi connectivity index (χ0n) is 13.0. The predicted octanol–water partition coefficient (Wildman–Crippen LogP) is 2.09. The normalized spacial score (nSPS) is 11.4. The molecule has 3 rings (SSSR count). The number of aromatic nitrogens is 3. The van der Waals surface area contributed by atoms with Crippen LogP contribution in [0.15, 0.2) is 66.2 Å². The van der Waals surface area contributed by atoms with Crippen LogP contribution in [0.25, 0.3) is 0 Å². The summed E-state index contributed by atoms with van der Waals surface area (Å²) < 4.78 is 34.1. The number of nitrogens with one attached hydrogen (secondary N) is 1. The first kappa shape index (κ1) is 16.2. The molecule has 1 aromatic carbocycles. The topological polar surface area (TPSA) is 86.1 Å². The second kappa shape index (κ2) is 6.81. The second-order valence-electron chi connectivity index (χ2n) is 5.12. The maximum Gasteiger partial charge on any atom is 0.259 e. The van der Waals surface area contributed by atoms with Crippen LogP contribution in [0, 0.1) is 0 Å². The fourth-order valence-corrected chi connectivity index (χ4v) is 3.02. The van der Waals surface area contributed by atoms with Crippen molar-refractivity contribution in [2.45, 2.75) is 11.6 Å². The van der Waals surface area contributed by atoms with E-state index in [1.807, 2.05) is 12.1 Å². The van der Waals surface area contributed by atoms with Crippen LogP contribution in [0.5, 0.6) is 11.6 Å². The maximum absolute atomic E-state index is 12.2. The van der Waals surface area contributed by atoms with Crippen molar-refractivity contribution in [2.24, 2.45) is 7.05 Å². The molecule has 0 spiro atoms. The van der Waals surface area contributed by atoms with Crippen molar-refractivity contribution < 1.29 is 13.2 Å². The summed E-state index contributed by atoms with van der Waals surface area (Å²) in [6.45, 7) is 0.137. The van der Waals surface area contributed by atoms with Crippen LogP contribution < -0.4 is 9.46 Å². The van der Waals surface area contributed by atoms with Crippen molar-refractivity contribution in [1.29, 1.82) is 0 Å². The van der Waals surface area contributed by atoms with Gasteiger partial charge >= 0.3 is 0 Å². The maximum atomic E-state index is 12.2. The molecule has 7 nitrogen and oxygen atoms in total. The van der Waals surface area contributed by atoms with Gasteiger partial charge in [0.2, 0.25) is 5.88 Å². The standard InChI is InChI=1S/C16H16N4O3S/c1-20-11-16(18-12-20)24(21,22)19-10-13-5-4-6-14(9-13)23-15-7-2-3-8-17-15/h2-9,11-12,19H,10H2,1H3. The molecule has 124 valence electrons. The van der Waals surface area contributed by atoms with Gasteiger partial charge in [-0.05, 0) is 23.8 Å². The van der Waals surface area contributed by atoms with Crippen LogP contribution in [0.1, 0.15) is 5.56 Å². The monoisotopic (exact) mass is 344 g/mol. The molecule has 0 atom stereocenters. The van der Waals surface area contributed by atoms with Crippen LogP contribution in [-0.4, -0.2) is 23.0 Å². The number of pyridine rings is 1. The van der Waals surface area contributed by atoms with E-state index in [0.29, 0.717) is 11.6 Å². The highest BCUT2D eigenvalue weighted by atomic mass is 32.2. The molecule has 3 aromatic rings. The summed E-state index contributed by atoms with van der Waals surface area (Å²) in [5.41, 5.74) is 0.767. The molecule has 0 bridgehead atoms. The van der Waals surface area contributed by atoms with E-state index >= 15 is 0 Å². The summed E-state index contributed by atoms with van der Waals surface area (Å²) in [6.07, 6.45) is 4.53. The van der Waals surface area contributed by atoms with E-state index in [1.165, 1.54) is 12.5 Å². The van der Waals surface area contributed by atoms with E-state index in [0.717, 1.165) is 5.56 Å². The molecule has 0 aliphatic carbocycles. The smallest absolute Gasteiger partial charge is 0.259 e. The molecular formula is C16H16N4O3S. The van der Waals surface area contributed by atoms with Crippen molar-refractivity contribution in [1.82, 2.24) is 19.3 Å². The molecule has 0 aliphatic heterocycles. The number of hydrogen-bond donors (Lipinski definition) is 1. The third kappa shape index (κ3) is 3.98. The predicted molar refractivity (Wildman–Crippen MR) is 88.0 cm³/mol. The van der Waals surface area contributed by atoms with Crippen molar-refractivity contribution in [3.05, 3.63) is 66.7 Å². The quantitative estimate of drug-likeness (QED) is 0.740. The first-order valence-electron chi connectivity index (χ1n) is 7.18. The SMILES string of the molecule is Cn1cnc(S(=O)(=O)NCc2cccc(Oc3ccccn3)c2)c1. The van der Waals surface area contributed by atoms with Gasteiger partial charge in [-0.1, -0.05) is 18.2 Å². The van der Waals surface area contributed by atoms with Crippen LogP contribution >= 0.6 is 0 Å². The van der Waals surface area contributed by atoms with E-state index in [2.05, 4.69) is 14.7 Å². The minimum atomic E-state index is -3.64. The zero-order chi connectivity index (χ0) is 17.0. The van der Waals surface area contributed by atoms with Crippen LogP contribution in [0.4, 0.5) is 0 Å². The molecule has 0 fully saturated rings. The summed E-state index contributed by atoms with van der Waals surface area (Å²) in [6, 6.07) is 12.5. The molecular weight excluding hydrogens is 328 g/mol. The van der Waals surface area contributed by atoms with E-state index < -0.39 is 10.0 Å². The molecule has 24 heavy (non-hydrogen) atoms. The lowest BCUT2D eigenvalue weighted by molar-refractivity contribution is 0.462. The third-order valence-corrected chi connectivity index (χ3v) is 4.47. The molecule has 0 unspecified atom stereocenters. The first-order valence-corrected chi connectivity index (χ1v) is 8.67. The fourth-order valence-electron chi connectivity index (χ4n) is 2.03. The fraction of sp³-hybridized carbons (Fsp3) is 0.125. The molecule has 2 heterocycles. The average molecular weight is 344 g/mol. The van der Waals surface area contributed by atoms with E-state index in [4.69, 9.17) is 4.74 Å². The van der Waals surface area contributed by atoms with Gasteiger partial charge in [-0.15, -0.1) is 0 Å². The van der Waals surface area contributed by atoms with E-state index in [9.17, 15) is 8.42 Å². The number of nitrogens with zero attached hydrogens (tertiary/aromatic N) is 3. The largest absolute Gasteiger partial charge is 0.439 e. The van der Waals surface area contributed by atoms with Gasteiger partial charge in [0, 0.05) is 32.1 Å². The number of aryl methyl sites for hydroxylation is 1. The van der Waals surface area contributed by atoms with E-state index in [-0.39, 0.29) is 11.6 Å². The van der Waals surface area contributed by atoms with Crippen molar-refractivity contribution >= 4 is 10.0 Å². The Balaban J connectivity index is 1.69. The van der Waals surface area contributed by atoms with Gasteiger partial charge in [0.25, 0.3) is 10.0 Å². The van der Waals surface area contributed by atoms with Gasteiger partial charge in [0.05, 0.1) is 6.33 Å². The first-order chi connectivity index (χ1) is 11.5. The van der Waals surface area contributed by atoms with Crippen molar-refractivity contribution in [3.63, 3.8) is 0 Å². The average Bonchev–Trinajstić information content (AvgIpc) is 3.02. The van der Waals surface area contributed by atoms with Gasteiger partial charge in [0.15, 0.2) is 5.03 Å². The van der Waals surface area contributed by atoms with Crippen LogP contribution in [0.2, 0.25) is 0 Å². The highest BCUT2D eigenvalue weighted by Crippen LogP contribution is 2.20. The number of benzene rings is 1. The minimum absolute atomic E-state index is 0.00844.